The average Bonchev–Trinajstić information content (AvgIpc) is 2.54. The molecular weight excluding hydrogens is 222 g/mol. The van der Waals surface area contributed by atoms with Gasteiger partial charge in [-0.2, -0.15) is 0 Å². The summed E-state index contributed by atoms with van der Waals surface area (Å²) >= 11 is 0. The molecule has 0 unspecified atom stereocenters. The number of fused-ring (bicyclic) bond motifs is 1. The Morgan fingerprint density at radius 2 is 2.12 bits per heavy atom. The van der Waals surface area contributed by atoms with E-state index in [0.717, 1.165) is 19.5 Å². The molecule has 1 fully saturated rings. The predicted molar refractivity (Wildman–Crippen MR) is 66.7 cm³/mol. The van der Waals surface area contributed by atoms with Crippen molar-refractivity contribution in [2.24, 2.45) is 11.1 Å². The lowest BCUT2D eigenvalue weighted by Crippen LogP contribution is -2.42. The van der Waals surface area contributed by atoms with Crippen LogP contribution in [0, 0.1) is 5.41 Å². The van der Waals surface area contributed by atoms with E-state index in [1.165, 1.54) is 24.0 Å². The van der Waals surface area contributed by atoms with Gasteiger partial charge in [-0.15, -0.1) is 12.4 Å². The maximum absolute atomic E-state index is 6.39. The molecule has 16 heavy (non-hydrogen) atoms. The summed E-state index contributed by atoms with van der Waals surface area (Å²) in [4.78, 5) is 4.19. The minimum absolute atomic E-state index is 0. The van der Waals surface area contributed by atoms with Gasteiger partial charge in [-0.05, 0) is 55.0 Å². The Morgan fingerprint density at radius 3 is 2.81 bits per heavy atom. The molecule has 0 aromatic carbocycles. The molecule has 1 spiro atoms. The third-order valence-electron chi connectivity index (χ3n) is 4.08. The Morgan fingerprint density at radius 1 is 1.38 bits per heavy atom. The van der Waals surface area contributed by atoms with Crippen molar-refractivity contribution < 1.29 is 0 Å². The monoisotopic (exact) mass is 239 g/mol. The molecule has 4 heteroatoms. The first-order valence-electron chi connectivity index (χ1n) is 5.71. The van der Waals surface area contributed by atoms with E-state index in [2.05, 4.69) is 16.4 Å². The van der Waals surface area contributed by atoms with Crippen molar-refractivity contribution in [2.75, 3.05) is 13.1 Å². The Labute approximate surface area is 102 Å². The molecule has 3 N–H and O–H groups in total. The molecule has 3 rings (SSSR count). The van der Waals surface area contributed by atoms with Gasteiger partial charge in [0.2, 0.25) is 0 Å². The highest BCUT2D eigenvalue weighted by molar-refractivity contribution is 5.85. The largest absolute Gasteiger partial charge is 0.323 e. The van der Waals surface area contributed by atoms with E-state index in [4.69, 9.17) is 5.73 Å². The fourth-order valence-corrected chi connectivity index (χ4v) is 3.11. The normalized spacial score (nSPS) is 26.2. The molecule has 0 radical (unpaired) electrons. The third kappa shape index (κ3) is 1.63. The third-order valence-corrected chi connectivity index (χ3v) is 4.08. The Balaban J connectivity index is 0.000000963. The van der Waals surface area contributed by atoms with E-state index in [1.807, 2.05) is 12.4 Å². The van der Waals surface area contributed by atoms with E-state index in [1.54, 1.807) is 0 Å². The standard InChI is InChI=1S/C12H17N3.ClH/c13-11-10-8-15-4-1-9(10)7-12(11)2-5-14-6-3-12;/h1,4,8,11,14H,2-3,5-7,13H2;1H/t11-;/m1./s1. The number of nitrogens with one attached hydrogen (secondary N) is 1. The van der Waals surface area contributed by atoms with Gasteiger partial charge in [0.25, 0.3) is 0 Å². The predicted octanol–water partition coefficient (Wildman–Crippen LogP) is 1.43. The van der Waals surface area contributed by atoms with Crippen molar-refractivity contribution in [3.63, 3.8) is 0 Å². The van der Waals surface area contributed by atoms with Crippen molar-refractivity contribution in [1.82, 2.24) is 10.3 Å². The van der Waals surface area contributed by atoms with Gasteiger partial charge in [0.1, 0.15) is 0 Å². The molecule has 1 aromatic rings. The molecular formula is C12H18ClN3. The molecule has 0 bridgehead atoms. The molecule has 2 heterocycles. The number of halogens is 1. The second-order valence-corrected chi connectivity index (χ2v) is 4.84. The highest BCUT2D eigenvalue weighted by Gasteiger charge is 2.44. The van der Waals surface area contributed by atoms with Crippen LogP contribution in [0.2, 0.25) is 0 Å². The summed E-state index contributed by atoms with van der Waals surface area (Å²) in [7, 11) is 0. The zero-order valence-corrected chi connectivity index (χ0v) is 10.1. The molecule has 88 valence electrons. The lowest BCUT2D eigenvalue weighted by atomic mass is 9.74. The zero-order valence-electron chi connectivity index (χ0n) is 9.28. The van der Waals surface area contributed by atoms with Gasteiger partial charge in [0.15, 0.2) is 0 Å². The number of hydrogen-bond donors (Lipinski definition) is 2. The second kappa shape index (κ2) is 4.32. The lowest BCUT2D eigenvalue weighted by Gasteiger charge is -2.37. The zero-order chi connectivity index (χ0) is 10.3. The second-order valence-electron chi connectivity index (χ2n) is 4.84. The summed E-state index contributed by atoms with van der Waals surface area (Å²) < 4.78 is 0. The molecule has 1 atom stereocenters. The van der Waals surface area contributed by atoms with Crippen LogP contribution in [-0.2, 0) is 6.42 Å². The maximum atomic E-state index is 6.39. The van der Waals surface area contributed by atoms with Crippen LogP contribution in [-0.4, -0.2) is 18.1 Å². The van der Waals surface area contributed by atoms with Crippen LogP contribution >= 0.6 is 12.4 Å². The Kier molecular flexibility index (Phi) is 3.19. The van der Waals surface area contributed by atoms with Crippen molar-refractivity contribution in [3.05, 3.63) is 29.6 Å². The highest BCUT2D eigenvalue weighted by atomic mass is 35.5. The summed E-state index contributed by atoms with van der Waals surface area (Å²) in [6.07, 6.45) is 7.38. The summed E-state index contributed by atoms with van der Waals surface area (Å²) in [5, 5.41) is 3.41. The molecule has 1 aliphatic carbocycles. The molecule has 1 aromatic heterocycles. The number of rotatable bonds is 0. The SMILES string of the molecule is Cl.N[C@@H]1c2cnccc2CC12CCNCC2. The smallest absolute Gasteiger partial charge is 0.0374 e. The van der Waals surface area contributed by atoms with E-state index >= 15 is 0 Å². The average molecular weight is 240 g/mol. The fraction of sp³-hybridized carbons (Fsp3) is 0.583. The van der Waals surface area contributed by atoms with E-state index < -0.39 is 0 Å². The van der Waals surface area contributed by atoms with Crippen molar-refractivity contribution in [1.29, 1.82) is 0 Å². The van der Waals surface area contributed by atoms with Gasteiger partial charge in [0, 0.05) is 18.4 Å². The van der Waals surface area contributed by atoms with Gasteiger partial charge in [-0.25, -0.2) is 0 Å². The Hall–Kier alpha value is -0.640. The first-order valence-corrected chi connectivity index (χ1v) is 5.71. The first kappa shape index (κ1) is 11.8. The minimum Gasteiger partial charge on any atom is -0.323 e. The summed E-state index contributed by atoms with van der Waals surface area (Å²) in [6.45, 7) is 2.21. The fourth-order valence-electron chi connectivity index (χ4n) is 3.11. The topological polar surface area (TPSA) is 50.9 Å². The summed E-state index contributed by atoms with van der Waals surface area (Å²) in [5.41, 5.74) is 9.40. The van der Waals surface area contributed by atoms with Gasteiger partial charge in [-0.1, -0.05) is 0 Å². The molecule has 0 saturated carbocycles. The number of nitrogens with two attached hydrogens (primary N) is 1. The van der Waals surface area contributed by atoms with Crippen LogP contribution in [0.3, 0.4) is 0 Å². The molecule has 2 aliphatic rings. The minimum atomic E-state index is 0. The van der Waals surface area contributed by atoms with Gasteiger partial charge < -0.3 is 11.1 Å². The van der Waals surface area contributed by atoms with Crippen molar-refractivity contribution in [3.8, 4) is 0 Å². The number of nitrogens with zero attached hydrogens (tertiary/aromatic N) is 1. The van der Waals surface area contributed by atoms with Crippen LogP contribution in [0.1, 0.15) is 30.0 Å². The number of piperidine rings is 1. The number of pyridine rings is 1. The number of hydrogen-bond acceptors (Lipinski definition) is 3. The molecule has 3 nitrogen and oxygen atoms in total. The van der Waals surface area contributed by atoms with E-state index in [0.29, 0.717) is 5.41 Å². The van der Waals surface area contributed by atoms with Crippen LogP contribution in [0.15, 0.2) is 18.5 Å². The van der Waals surface area contributed by atoms with E-state index in [9.17, 15) is 0 Å². The molecule has 1 saturated heterocycles. The van der Waals surface area contributed by atoms with Crippen molar-refractivity contribution in [2.45, 2.75) is 25.3 Å². The van der Waals surface area contributed by atoms with Crippen LogP contribution in [0.5, 0.6) is 0 Å². The van der Waals surface area contributed by atoms with Crippen LogP contribution < -0.4 is 11.1 Å². The van der Waals surface area contributed by atoms with Gasteiger partial charge in [0.05, 0.1) is 0 Å². The number of aromatic nitrogens is 1. The quantitative estimate of drug-likeness (QED) is 0.720. The maximum Gasteiger partial charge on any atom is 0.0374 e. The molecule has 1 aliphatic heterocycles. The lowest BCUT2D eigenvalue weighted by molar-refractivity contribution is 0.174. The summed E-state index contributed by atoms with van der Waals surface area (Å²) in [5.74, 6) is 0. The van der Waals surface area contributed by atoms with Crippen LogP contribution in [0.25, 0.3) is 0 Å². The summed E-state index contributed by atoms with van der Waals surface area (Å²) in [6, 6.07) is 2.33. The van der Waals surface area contributed by atoms with Crippen molar-refractivity contribution >= 4 is 12.4 Å². The van der Waals surface area contributed by atoms with Gasteiger partial charge >= 0.3 is 0 Å². The van der Waals surface area contributed by atoms with Gasteiger partial charge in [-0.3, -0.25) is 4.98 Å². The molecule has 0 amide bonds. The Bertz CT molecular complexity index is 374. The first-order chi connectivity index (χ1) is 7.32. The van der Waals surface area contributed by atoms with Crippen LogP contribution in [0.4, 0.5) is 0 Å². The highest BCUT2D eigenvalue weighted by Crippen LogP contribution is 2.49. The van der Waals surface area contributed by atoms with E-state index in [-0.39, 0.29) is 18.4 Å².